The minimum Gasteiger partial charge on any atom is -0.369 e. The second-order valence-electron chi connectivity index (χ2n) is 5.21. The van der Waals surface area contributed by atoms with E-state index in [-0.39, 0.29) is 0 Å². The van der Waals surface area contributed by atoms with Gasteiger partial charge in [-0.25, -0.2) is 9.97 Å². The molecule has 2 heterocycles. The number of rotatable bonds is 6. The van der Waals surface area contributed by atoms with Gasteiger partial charge in [0.25, 0.3) is 0 Å². The maximum Gasteiger partial charge on any atom is 0.134 e. The van der Waals surface area contributed by atoms with E-state index in [2.05, 4.69) is 44.5 Å². The van der Waals surface area contributed by atoms with E-state index in [0.29, 0.717) is 6.04 Å². The predicted octanol–water partition coefficient (Wildman–Crippen LogP) is 0.248. The maximum absolute atomic E-state index is 4.37. The van der Waals surface area contributed by atoms with Gasteiger partial charge in [-0.2, -0.15) is 0 Å². The molecule has 0 aliphatic carbocycles. The topological polar surface area (TPSA) is 56.3 Å². The number of likely N-dealkylation sites (N-methyl/N-ethyl adjacent to an activating group) is 2. The van der Waals surface area contributed by atoms with Gasteiger partial charge >= 0.3 is 0 Å². The van der Waals surface area contributed by atoms with E-state index >= 15 is 0 Å². The lowest BCUT2D eigenvalue weighted by molar-refractivity contribution is 0.425. The molecule has 1 fully saturated rings. The van der Waals surface area contributed by atoms with Crippen LogP contribution in [-0.4, -0.2) is 68.2 Å². The summed E-state index contributed by atoms with van der Waals surface area (Å²) >= 11 is 0. The van der Waals surface area contributed by atoms with E-state index in [9.17, 15) is 0 Å². The Morgan fingerprint density at radius 2 is 2.26 bits per heavy atom. The highest BCUT2D eigenvalue weighted by molar-refractivity contribution is 5.49. The van der Waals surface area contributed by atoms with Gasteiger partial charge in [-0.3, -0.25) is 0 Å². The molecule has 2 N–H and O–H groups in total. The largest absolute Gasteiger partial charge is 0.369 e. The van der Waals surface area contributed by atoms with Crippen molar-refractivity contribution in [1.29, 1.82) is 0 Å². The molecule has 1 aromatic rings. The fourth-order valence-electron chi connectivity index (χ4n) is 2.23. The summed E-state index contributed by atoms with van der Waals surface area (Å²) in [6.45, 7) is 3.96. The van der Waals surface area contributed by atoms with Crippen molar-refractivity contribution in [3.05, 3.63) is 12.4 Å². The molecule has 0 amide bonds. The van der Waals surface area contributed by atoms with Crippen molar-refractivity contribution in [3.8, 4) is 0 Å². The van der Waals surface area contributed by atoms with E-state index in [1.165, 1.54) is 6.42 Å². The van der Waals surface area contributed by atoms with Crippen LogP contribution < -0.4 is 15.5 Å². The molecule has 0 saturated carbocycles. The fraction of sp³-hybridized carbons (Fsp3) is 0.692. The van der Waals surface area contributed by atoms with Crippen molar-refractivity contribution in [2.75, 3.05) is 57.5 Å². The van der Waals surface area contributed by atoms with Gasteiger partial charge in [0.1, 0.15) is 18.0 Å². The van der Waals surface area contributed by atoms with E-state index in [0.717, 1.165) is 37.8 Å². The number of anilines is 2. The average molecular weight is 264 g/mol. The molecule has 1 unspecified atom stereocenters. The Morgan fingerprint density at radius 3 is 2.95 bits per heavy atom. The number of nitrogens with one attached hydrogen (secondary N) is 2. The molecule has 0 radical (unpaired) electrons. The van der Waals surface area contributed by atoms with Crippen LogP contribution in [0.3, 0.4) is 0 Å². The van der Waals surface area contributed by atoms with Gasteiger partial charge in [0.05, 0.1) is 0 Å². The zero-order chi connectivity index (χ0) is 13.7. The van der Waals surface area contributed by atoms with Crippen LogP contribution in [0.4, 0.5) is 11.6 Å². The summed E-state index contributed by atoms with van der Waals surface area (Å²) in [7, 11) is 6.15. The third kappa shape index (κ3) is 4.04. The third-order valence-electron chi connectivity index (χ3n) is 3.44. The fourth-order valence-corrected chi connectivity index (χ4v) is 2.23. The van der Waals surface area contributed by atoms with Crippen LogP contribution >= 0.6 is 0 Å². The molecule has 6 nitrogen and oxygen atoms in total. The molecule has 1 atom stereocenters. The van der Waals surface area contributed by atoms with Crippen LogP contribution in [-0.2, 0) is 0 Å². The molecule has 0 bridgehead atoms. The van der Waals surface area contributed by atoms with Crippen molar-refractivity contribution < 1.29 is 0 Å². The summed E-state index contributed by atoms with van der Waals surface area (Å²) in [6.07, 6.45) is 2.81. The SMILES string of the molecule is CNC1CCN(c2cc(NCCN(C)C)ncn2)C1. The summed E-state index contributed by atoms with van der Waals surface area (Å²) in [5.74, 6) is 1.92. The Balaban J connectivity index is 1.92. The molecule has 0 aromatic carbocycles. The standard InChI is InChI=1S/C13H24N6/c1-14-11-4-6-19(9-11)13-8-12(16-10-17-13)15-5-7-18(2)3/h8,10-11,14H,4-7,9H2,1-3H3,(H,15,16,17). The van der Waals surface area contributed by atoms with Crippen molar-refractivity contribution in [3.63, 3.8) is 0 Å². The summed E-state index contributed by atoms with van der Waals surface area (Å²) < 4.78 is 0. The van der Waals surface area contributed by atoms with Gasteiger partial charge in [-0.15, -0.1) is 0 Å². The number of hydrogen-bond acceptors (Lipinski definition) is 6. The van der Waals surface area contributed by atoms with Crippen LogP contribution in [0.5, 0.6) is 0 Å². The highest BCUT2D eigenvalue weighted by Gasteiger charge is 2.22. The predicted molar refractivity (Wildman–Crippen MR) is 78.8 cm³/mol. The first-order valence-electron chi connectivity index (χ1n) is 6.82. The lowest BCUT2D eigenvalue weighted by Gasteiger charge is -2.18. The maximum atomic E-state index is 4.37. The van der Waals surface area contributed by atoms with Gasteiger partial charge in [0.2, 0.25) is 0 Å². The van der Waals surface area contributed by atoms with E-state index in [1.807, 2.05) is 13.1 Å². The zero-order valence-corrected chi connectivity index (χ0v) is 12.1. The molecule has 2 rings (SSSR count). The van der Waals surface area contributed by atoms with Crippen LogP contribution in [0.2, 0.25) is 0 Å². The first-order valence-corrected chi connectivity index (χ1v) is 6.82. The van der Waals surface area contributed by atoms with E-state index in [4.69, 9.17) is 0 Å². The first-order chi connectivity index (χ1) is 9.19. The van der Waals surface area contributed by atoms with E-state index < -0.39 is 0 Å². The second kappa shape index (κ2) is 6.68. The summed E-state index contributed by atoms with van der Waals surface area (Å²) in [4.78, 5) is 13.1. The van der Waals surface area contributed by atoms with E-state index in [1.54, 1.807) is 6.33 Å². The Labute approximate surface area is 115 Å². The van der Waals surface area contributed by atoms with Crippen LogP contribution in [0, 0.1) is 0 Å². The molecule has 1 aliphatic rings. The summed E-state index contributed by atoms with van der Waals surface area (Å²) in [5, 5.41) is 6.65. The van der Waals surface area contributed by atoms with Crippen molar-refractivity contribution in [1.82, 2.24) is 20.2 Å². The summed E-state index contributed by atoms with van der Waals surface area (Å²) in [5.41, 5.74) is 0. The van der Waals surface area contributed by atoms with Gasteiger partial charge in [-0.1, -0.05) is 0 Å². The third-order valence-corrected chi connectivity index (χ3v) is 3.44. The van der Waals surface area contributed by atoms with Crippen LogP contribution in [0.1, 0.15) is 6.42 Å². The molecule has 0 spiro atoms. The normalized spacial score (nSPS) is 19.2. The Kier molecular flexibility index (Phi) is 4.93. The van der Waals surface area contributed by atoms with Gasteiger partial charge in [0, 0.05) is 38.3 Å². The van der Waals surface area contributed by atoms with Crippen LogP contribution in [0.15, 0.2) is 12.4 Å². The van der Waals surface area contributed by atoms with Gasteiger partial charge in [-0.05, 0) is 27.6 Å². The molecule has 19 heavy (non-hydrogen) atoms. The Hall–Kier alpha value is -1.40. The Morgan fingerprint density at radius 1 is 1.42 bits per heavy atom. The second-order valence-corrected chi connectivity index (χ2v) is 5.21. The molecule has 106 valence electrons. The minimum absolute atomic E-state index is 0.570. The summed E-state index contributed by atoms with van der Waals surface area (Å²) in [6, 6.07) is 2.60. The van der Waals surface area contributed by atoms with Gasteiger partial charge < -0.3 is 20.4 Å². The van der Waals surface area contributed by atoms with Gasteiger partial charge in [0.15, 0.2) is 0 Å². The van der Waals surface area contributed by atoms with Crippen molar-refractivity contribution >= 4 is 11.6 Å². The highest BCUT2D eigenvalue weighted by Crippen LogP contribution is 2.19. The molecule has 6 heteroatoms. The smallest absolute Gasteiger partial charge is 0.134 e. The monoisotopic (exact) mass is 264 g/mol. The average Bonchev–Trinajstić information content (AvgIpc) is 2.87. The molecule has 1 aromatic heterocycles. The van der Waals surface area contributed by atoms with Crippen molar-refractivity contribution in [2.24, 2.45) is 0 Å². The number of aromatic nitrogens is 2. The minimum atomic E-state index is 0.570. The molecular weight excluding hydrogens is 240 g/mol. The quantitative estimate of drug-likeness (QED) is 0.768. The lowest BCUT2D eigenvalue weighted by atomic mass is 10.3. The first kappa shape index (κ1) is 14.0. The highest BCUT2D eigenvalue weighted by atomic mass is 15.2. The molecule has 1 aliphatic heterocycles. The van der Waals surface area contributed by atoms with Crippen molar-refractivity contribution in [2.45, 2.75) is 12.5 Å². The molecule has 1 saturated heterocycles. The molecular formula is C13H24N6. The zero-order valence-electron chi connectivity index (χ0n) is 12.1. The van der Waals surface area contributed by atoms with Crippen LogP contribution in [0.25, 0.3) is 0 Å². The number of hydrogen-bond donors (Lipinski definition) is 2. The number of nitrogens with zero attached hydrogens (tertiary/aromatic N) is 4. The Bertz CT molecular complexity index is 394. The lowest BCUT2D eigenvalue weighted by Crippen LogP contribution is -2.30.